The largest absolute Gasteiger partial charge is 0.489 e. The molecular formula is C22H19Cl2NO4S2. The fourth-order valence-electron chi connectivity index (χ4n) is 2.77. The Morgan fingerprint density at radius 3 is 2.48 bits per heavy atom. The summed E-state index contributed by atoms with van der Waals surface area (Å²) in [4.78, 5) is 26.1. The number of carbonyl (C=O) groups excluding carboxylic acids is 2. The van der Waals surface area contributed by atoms with E-state index in [0.29, 0.717) is 31.6 Å². The zero-order valence-corrected chi connectivity index (χ0v) is 19.7. The van der Waals surface area contributed by atoms with Gasteiger partial charge in [-0.25, -0.2) is 0 Å². The predicted molar refractivity (Wildman–Crippen MR) is 128 cm³/mol. The summed E-state index contributed by atoms with van der Waals surface area (Å²) in [7, 11) is 0. The number of esters is 1. The minimum Gasteiger partial charge on any atom is -0.489 e. The molecule has 0 spiro atoms. The van der Waals surface area contributed by atoms with Crippen molar-refractivity contribution >= 4 is 69.5 Å². The quantitative estimate of drug-likeness (QED) is 0.265. The van der Waals surface area contributed by atoms with Crippen LogP contribution >= 0.6 is 47.2 Å². The highest BCUT2D eigenvalue weighted by Crippen LogP contribution is 2.33. The number of thioether (sulfide) groups is 1. The molecule has 1 fully saturated rings. The summed E-state index contributed by atoms with van der Waals surface area (Å²) in [5.41, 5.74) is 1.55. The highest BCUT2D eigenvalue weighted by Gasteiger charge is 2.32. The normalized spacial score (nSPS) is 14.9. The lowest BCUT2D eigenvalue weighted by Gasteiger charge is -2.13. The van der Waals surface area contributed by atoms with Gasteiger partial charge in [-0.15, -0.1) is 0 Å². The number of thiocarbonyl (C=S) groups is 1. The molecule has 0 saturated carbocycles. The summed E-state index contributed by atoms with van der Waals surface area (Å²) in [5, 5.41) is 1.10. The second kappa shape index (κ2) is 11.0. The van der Waals surface area contributed by atoms with Crippen molar-refractivity contribution in [2.45, 2.75) is 20.0 Å². The van der Waals surface area contributed by atoms with Crippen molar-refractivity contribution in [3.63, 3.8) is 0 Å². The first-order chi connectivity index (χ1) is 14.9. The smallest absolute Gasteiger partial charge is 0.307 e. The number of hydrogen-bond donors (Lipinski definition) is 0. The number of halogens is 2. The SMILES string of the molecule is CCOC(=O)CCN1C(=O)/C(=C/c2ccc(OCc3c(Cl)cccc3Cl)cc2)SC1=S. The highest BCUT2D eigenvalue weighted by molar-refractivity contribution is 8.26. The zero-order valence-electron chi connectivity index (χ0n) is 16.6. The van der Waals surface area contributed by atoms with Gasteiger partial charge in [0.1, 0.15) is 16.7 Å². The van der Waals surface area contributed by atoms with Crippen LogP contribution in [-0.2, 0) is 20.9 Å². The standard InChI is InChI=1S/C22H19Cl2NO4S2/c1-2-28-20(26)10-11-25-21(27)19(31-22(25)30)12-14-6-8-15(9-7-14)29-13-16-17(23)4-3-5-18(16)24/h3-9,12H,2,10-11,13H2,1H3/b19-12-. The molecule has 1 aliphatic rings. The van der Waals surface area contributed by atoms with Gasteiger partial charge < -0.3 is 9.47 Å². The predicted octanol–water partition coefficient (Wildman–Crippen LogP) is 5.73. The molecule has 1 saturated heterocycles. The van der Waals surface area contributed by atoms with Crippen molar-refractivity contribution in [1.82, 2.24) is 4.90 Å². The van der Waals surface area contributed by atoms with Crippen LogP contribution in [0.2, 0.25) is 10.0 Å². The van der Waals surface area contributed by atoms with E-state index in [4.69, 9.17) is 44.9 Å². The van der Waals surface area contributed by atoms with E-state index in [-0.39, 0.29) is 31.4 Å². The van der Waals surface area contributed by atoms with Crippen molar-refractivity contribution in [2.24, 2.45) is 0 Å². The van der Waals surface area contributed by atoms with E-state index in [1.165, 1.54) is 16.7 Å². The van der Waals surface area contributed by atoms with Gasteiger partial charge in [0.15, 0.2) is 0 Å². The van der Waals surface area contributed by atoms with Gasteiger partial charge in [-0.2, -0.15) is 0 Å². The number of amides is 1. The average molecular weight is 496 g/mol. The molecule has 0 radical (unpaired) electrons. The van der Waals surface area contributed by atoms with E-state index in [0.717, 1.165) is 11.1 Å². The number of ether oxygens (including phenoxy) is 2. The van der Waals surface area contributed by atoms with Crippen LogP contribution in [0.15, 0.2) is 47.4 Å². The van der Waals surface area contributed by atoms with Crippen LogP contribution < -0.4 is 4.74 Å². The van der Waals surface area contributed by atoms with Crippen molar-refractivity contribution < 1.29 is 19.1 Å². The van der Waals surface area contributed by atoms with E-state index < -0.39 is 0 Å². The van der Waals surface area contributed by atoms with E-state index in [2.05, 4.69) is 0 Å². The molecule has 0 bridgehead atoms. The Hall–Kier alpha value is -2.06. The molecule has 1 aliphatic heterocycles. The summed E-state index contributed by atoms with van der Waals surface area (Å²) in [5.74, 6) is 0.0808. The van der Waals surface area contributed by atoms with Gasteiger partial charge >= 0.3 is 5.97 Å². The molecule has 2 aromatic rings. The molecule has 0 N–H and O–H groups in total. The average Bonchev–Trinajstić information content (AvgIpc) is 3.00. The Kier molecular flexibility index (Phi) is 8.37. The topological polar surface area (TPSA) is 55.8 Å². The first-order valence-corrected chi connectivity index (χ1v) is 11.4. The Morgan fingerprint density at radius 2 is 1.84 bits per heavy atom. The number of rotatable bonds is 8. The third-order valence-corrected chi connectivity index (χ3v) is 6.43. The highest BCUT2D eigenvalue weighted by atomic mass is 35.5. The number of carbonyl (C=O) groups is 2. The Balaban J connectivity index is 1.61. The van der Waals surface area contributed by atoms with Crippen LogP contribution in [0.4, 0.5) is 0 Å². The first-order valence-electron chi connectivity index (χ1n) is 9.45. The number of hydrogen-bond acceptors (Lipinski definition) is 6. The third kappa shape index (κ3) is 6.23. The van der Waals surface area contributed by atoms with Crippen molar-refractivity contribution in [3.8, 4) is 5.75 Å². The Bertz CT molecular complexity index is 1000. The van der Waals surface area contributed by atoms with Gasteiger partial charge in [-0.05, 0) is 42.8 Å². The van der Waals surface area contributed by atoms with Crippen LogP contribution in [0, 0.1) is 0 Å². The summed E-state index contributed by atoms with van der Waals surface area (Å²) in [6.07, 6.45) is 1.87. The van der Waals surface area contributed by atoms with Crippen LogP contribution in [-0.4, -0.2) is 34.2 Å². The molecule has 1 amide bonds. The molecular weight excluding hydrogens is 477 g/mol. The molecule has 162 valence electrons. The minimum absolute atomic E-state index is 0.106. The van der Waals surface area contributed by atoms with Gasteiger partial charge in [-0.3, -0.25) is 14.5 Å². The molecule has 31 heavy (non-hydrogen) atoms. The second-order valence-electron chi connectivity index (χ2n) is 6.45. The Morgan fingerprint density at radius 1 is 1.16 bits per heavy atom. The van der Waals surface area contributed by atoms with Gasteiger partial charge in [0.25, 0.3) is 5.91 Å². The third-order valence-electron chi connectivity index (χ3n) is 4.34. The van der Waals surface area contributed by atoms with Crippen molar-refractivity contribution in [1.29, 1.82) is 0 Å². The summed E-state index contributed by atoms with van der Waals surface area (Å²) in [6, 6.07) is 12.6. The molecule has 5 nitrogen and oxygen atoms in total. The summed E-state index contributed by atoms with van der Waals surface area (Å²) < 4.78 is 11.1. The molecule has 2 aromatic carbocycles. The number of benzene rings is 2. The van der Waals surface area contributed by atoms with E-state index >= 15 is 0 Å². The molecule has 9 heteroatoms. The van der Waals surface area contributed by atoms with Crippen LogP contribution in [0.5, 0.6) is 5.75 Å². The van der Waals surface area contributed by atoms with Gasteiger partial charge in [0.05, 0.1) is 17.9 Å². The molecule has 3 rings (SSSR count). The van der Waals surface area contributed by atoms with Gasteiger partial charge in [-0.1, -0.05) is 65.4 Å². The molecule has 1 heterocycles. The lowest BCUT2D eigenvalue weighted by Crippen LogP contribution is -2.30. The summed E-state index contributed by atoms with van der Waals surface area (Å²) >= 11 is 18.8. The summed E-state index contributed by atoms with van der Waals surface area (Å²) in [6.45, 7) is 2.50. The molecule has 0 unspecified atom stereocenters. The lowest BCUT2D eigenvalue weighted by atomic mass is 10.2. The first kappa shape index (κ1) is 23.6. The van der Waals surface area contributed by atoms with Crippen LogP contribution in [0.3, 0.4) is 0 Å². The fraction of sp³-hybridized carbons (Fsp3) is 0.227. The fourth-order valence-corrected chi connectivity index (χ4v) is 4.58. The van der Waals surface area contributed by atoms with Crippen LogP contribution in [0.25, 0.3) is 6.08 Å². The molecule has 0 aromatic heterocycles. The van der Waals surface area contributed by atoms with Gasteiger partial charge in [0.2, 0.25) is 0 Å². The van der Waals surface area contributed by atoms with E-state index in [1.54, 1.807) is 43.3 Å². The van der Waals surface area contributed by atoms with E-state index in [9.17, 15) is 9.59 Å². The molecule has 0 aliphatic carbocycles. The maximum absolute atomic E-state index is 12.6. The maximum atomic E-state index is 12.6. The number of nitrogens with zero attached hydrogens (tertiary/aromatic N) is 1. The van der Waals surface area contributed by atoms with Crippen molar-refractivity contribution in [3.05, 3.63) is 68.5 Å². The second-order valence-corrected chi connectivity index (χ2v) is 8.94. The van der Waals surface area contributed by atoms with E-state index in [1.807, 2.05) is 12.1 Å². The van der Waals surface area contributed by atoms with Crippen LogP contribution in [0.1, 0.15) is 24.5 Å². The Labute approximate surface area is 200 Å². The molecule has 0 atom stereocenters. The zero-order chi connectivity index (χ0) is 22.4. The van der Waals surface area contributed by atoms with Crippen molar-refractivity contribution in [2.75, 3.05) is 13.2 Å². The maximum Gasteiger partial charge on any atom is 0.307 e. The monoisotopic (exact) mass is 495 g/mol. The van der Waals surface area contributed by atoms with Gasteiger partial charge in [0, 0.05) is 22.2 Å². The minimum atomic E-state index is -0.353. The lowest BCUT2D eigenvalue weighted by molar-refractivity contribution is -0.143.